The first-order valence-electron chi connectivity index (χ1n) is 6.22. The van der Waals surface area contributed by atoms with Crippen molar-refractivity contribution in [1.29, 1.82) is 0 Å². The van der Waals surface area contributed by atoms with Gasteiger partial charge in [0, 0.05) is 17.0 Å². The summed E-state index contributed by atoms with van der Waals surface area (Å²) in [5.74, 6) is -0.211. The molecule has 1 unspecified atom stereocenters. The van der Waals surface area contributed by atoms with Crippen LogP contribution in [0.25, 0.3) is 0 Å². The first-order valence-corrected chi connectivity index (χ1v) is 7.13. The number of hydrogen-bond acceptors (Lipinski definition) is 3. The van der Waals surface area contributed by atoms with E-state index in [1.807, 2.05) is 0 Å². The predicted octanol–water partition coefficient (Wildman–Crippen LogP) is 4.42. The molecule has 110 valence electrons. The van der Waals surface area contributed by atoms with Gasteiger partial charge in [-0.25, -0.2) is 4.39 Å². The molecule has 0 N–H and O–H groups in total. The molecule has 4 nitrogen and oxygen atoms in total. The fourth-order valence-electron chi connectivity index (χ4n) is 1.95. The standard InChI is InChI=1S/C15H13BrFNO3/c1-21-15-9-11(4-7-14(15)17)13(16)8-10-2-5-12(6-3-10)18(19)20/h2-7,9,13H,8H2,1H3. The molecule has 0 aromatic heterocycles. The van der Waals surface area contributed by atoms with Crippen LogP contribution in [0.5, 0.6) is 5.75 Å². The Balaban J connectivity index is 2.13. The van der Waals surface area contributed by atoms with Crippen LogP contribution < -0.4 is 4.74 Å². The van der Waals surface area contributed by atoms with E-state index >= 15 is 0 Å². The van der Waals surface area contributed by atoms with Crippen LogP contribution in [0.2, 0.25) is 0 Å². The van der Waals surface area contributed by atoms with Gasteiger partial charge < -0.3 is 4.74 Å². The van der Waals surface area contributed by atoms with Crippen LogP contribution in [0.15, 0.2) is 42.5 Å². The Morgan fingerprint density at radius 1 is 1.29 bits per heavy atom. The topological polar surface area (TPSA) is 52.4 Å². The first-order chi connectivity index (χ1) is 10.0. The van der Waals surface area contributed by atoms with Crippen molar-refractivity contribution < 1.29 is 14.1 Å². The van der Waals surface area contributed by atoms with Gasteiger partial charge in [0.1, 0.15) is 0 Å². The fraction of sp³-hybridized carbons (Fsp3) is 0.200. The molecule has 2 aromatic carbocycles. The fourth-order valence-corrected chi connectivity index (χ4v) is 2.61. The summed E-state index contributed by atoms with van der Waals surface area (Å²) in [5.41, 5.74) is 1.89. The third-order valence-electron chi connectivity index (χ3n) is 3.10. The van der Waals surface area contributed by atoms with Crippen molar-refractivity contribution in [2.24, 2.45) is 0 Å². The molecule has 0 heterocycles. The molecule has 0 amide bonds. The number of ether oxygens (including phenoxy) is 1. The molecule has 0 aliphatic carbocycles. The molecule has 0 radical (unpaired) electrons. The zero-order chi connectivity index (χ0) is 15.4. The van der Waals surface area contributed by atoms with Gasteiger partial charge in [0.15, 0.2) is 11.6 Å². The second-order valence-corrected chi connectivity index (χ2v) is 5.59. The Kier molecular flexibility index (Phi) is 4.90. The maximum absolute atomic E-state index is 13.4. The van der Waals surface area contributed by atoms with E-state index in [2.05, 4.69) is 15.9 Å². The van der Waals surface area contributed by atoms with Crippen LogP contribution in [-0.2, 0) is 6.42 Å². The summed E-state index contributed by atoms with van der Waals surface area (Å²) in [6.45, 7) is 0. The number of nitrogens with zero attached hydrogens (tertiary/aromatic N) is 1. The number of rotatable bonds is 5. The van der Waals surface area contributed by atoms with Gasteiger partial charge in [-0.1, -0.05) is 34.1 Å². The number of nitro groups is 1. The molecule has 0 saturated heterocycles. The van der Waals surface area contributed by atoms with E-state index in [0.29, 0.717) is 6.42 Å². The predicted molar refractivity (Wildman–Crippen MR) is 81.4 cm³/mol. The highest BCUT2D eigenvalue weighted by Gasteiger charge is 2.13. The molecule has 0 spiro atoms. The van der Waals surface area contributed by atoms with Gasteiger partial charge in [-0.3, -0.25) is 10.1 Å². The summed E-state index contributed by atoms with van der Waals surface area (Å²) in [4.78, 5) is 10.1. The molecule has 0 fully saturated rings. The third-order valence-corrected chi connectivity index (χ3v) is 3.95. The van der Waals surface area contributed by atoms with Gasteiger partial charge in [-0.2, -0.15) is 0 Å². The quantitative estimate of drug-likeness (QED) is 0.454. The van der Waals surface area contributed by atoms with Crippen molar-refractivity contribution in [3.8, 4) is 5.75 Å². The van der Waals surface area contributed by atoms with Crippen molar-refractivity contribution in [1.82, 2.24) is 0 Å². The second-order valence-electron chi connectivity index (χ2n) is 4.49. The van der Waals surface area contributed by atoms with Crippen molar-refractivity contribution in [2.75, 3.05) is 7.11 Å². The van der Waals surface area contributed by atoms with Gasteiger partial charge in [0.05, 0.1) is 12.0 Å². The summed E-state index contributed by atoms with van der Waals surface area (Å²) < 4.78 is 18.3. The maximum atomic E-state index is 13.4. The van der Waals surface area contributed by atoms with Crippen molar-refractivity contribution in [3.05, 3.63) is 69.5 Å². The lowest BCUT2D eigenvalue weighted by Gasteiger charge is -2.12. The average molecular weight is 354 g/mol. The van der Waals surface area contributed by atoms with E-state index in [0.717, 1.165) is 11.1 Å². The molecular formula is C15H13BrFNO3. The lowest BCUT2D eigenvalue weighted by molar-refractivity contribution is -0.384. The molecule has 21 heavy (non-hydrogen) atoms. The molecule has 0 saturated carbocycles. The number of alkyl halides is 1. The SMILES string of the molecule is COc1cc(C(Br)Cc2ccc([N+](=O)[O-])cc2)ccc1F. The van der Waals surface area contributed by atoms with Gasteiger partial charge in [-0.15, -0.1) is 0 Å². The highest BCUT2D eigenvalue weighted by atomic mass is 79.9. The Hall–Kier alpha value is -1.95. The minimum absolute atomic E-state index is 0.0338. The Labute approximate surface area is 129 Å². The molecular weight excluding hydrogens is 341 g/mol. The smallest absolute Gasteiger partial charge is 0.269 e. The zero-order valence-corrected chi connectivity index (χ0v) is 12.8. The molecule has 0 aliphatic heterocycles. The van der Waals surface area contributed by atoms with Crippen molar-refractivity contribution in [3.63, 3.8) is 0 Å². The van der Waals surface area contributed by atoms with Gasteiger partial charge in [0.2, 0.25) is 0 Å². The minimum atomic E-state index is -0.430. The van der Waals surface area contributed by atoms with Gasteiger partial charge in [-0.05, 0) is 29.7 Å². The summed E-state index contributed by atoms with van der Waals surface area (Å²) in [7, 11) is 1.42. The second kappa shape index (κ2) is 6.67. The Morgan fingerprint density at radius 3 is 2.52 bits per heavy atom. The minimum Gasteiger partial charge on any atom is -0.494 e. The number of methoxy groups -OCH3 is 1. The van der Waals surface area contributed by atoms with Crippen LogP contribution in [0, 0.1) is 15.9 Å². The average Bonchev–Trinajstić information content (AvgIpc) is 2.48. The van der Waals surface area contributed by atoms with Crippen LogP contribution in [0.4, 0.5) is 10.1 Å². The summed E-state index contributed by atoms with van der Waals surface area (Å²) >= 11 is 3.55. The highest BCUT2D eigenvalue weighted by molar-refractivity contribution is 9.09. The monoisotopic (exact) mass is 353 g/mol. The maximum Gasteiger partial charge on any atom is 0.269 e. The molecule has 0 bridgehead atoms. The van der Waals surface area contributed by atoms with Crippen LogP contribution in [0.1, 0.15) is 16.0 Å². The summed E-state index contributed by atoms with van der Waals surface area (Å²) in [6, 6.07) is 11.1. The largest absolute Gasteiger partial charge is 0.494 e. The van der Waals surface area contributed by atoms with Crippen LogP contribution >= 0.6 is 15.9 Å². The zero-order valence-electron chi connectivity index (χ0n) is 11.3. The Bertz CT molecular complexity index is 646. The lowest BCUT2D eigenvalue weighted by Crippen LogP contribution is -1.98. The van der Waals surface area contributed by atoms with E-state index in [1.165, 1.54) is 25.3 Å². The van der Waals surface area contributed by atoms with Crippen LogP contribution in [0.3, 0.4) is 0 Å². The van der Waals surface area contributed by atoms with Crippen molar-refractivity contribution >= 4 is 21.6 Å². The highest BCUT2D eigenvalue weighted by Crippen LogP contribution is 2.31. The van der Waals surface area contributed by atoms with E-state index in [-0.39, 0.29) is 16.3 Å². The summed E-state index contributed by atoms with van der Waals surface area (Å²) in [5, 5.41) is 10.6. The molecule has 2 aromatic rings. The first kappa shape index (κ1) is 15.4. The number of benzene rings is 2. The lowest BCUT2D eigenvalue weighted by atomic mass is 10.0. The van der Waals surface area contributed by atoms with E-state index in [4.69, 9.17) is 4.74 Å². The number of non-ortho nitro benzene ring substituents is 1. The van der Waals surface area contributed by atoms with Gasteiger partial charge >= 0.3 is 0 Å². The molecule has 1 atom stereocenters. The number of nitro benzene ring substituents is 1. The van der Waals surface area contributed by atoms with Crippen LogP contribution in [-0.4, -0.2) is 12.0 Å². The van der Waals surface area contributed by atoms with E-state index < -0.39 is 10.7 Å². The van der Waals surface area contributed by atoms with Crippen molar-refractivity contribution in [2.45, 2.75) is 11.2 Å². The van der Waals surface area contributed by atoms with E-state index in [1.54, 1.807) is 24.3 Å². The molecule has 0 aliphatic rings. The molecule has 6 heteroatoms. The Morgan fingerprint density at radius 2 is 1.95 bits per heavy atom. The number of halogens is 2. The third kappa shape index (κ3) is 3.78. The normalized spacial score (nSPS) is 12.0. The summed E-state index contributed by atoms with van der Waals surface area (Å²) in [6.07, 6.45) is 0.632. The number of hydrogen-bond donors (Lipinski definition) is 0. The molecule has 2 rings (SSSR count). The van der Waals surface area contributed by atoms with Gasteiger partial charge in [0.25, 0.3) is 5.69 Å². The van der Waals surface area contributed by atoms with E-state index in [9.17, 15) is 14.5 Å².